The summed E-state index contributed by atoms with van der Waals surface area (Å²) < 4.78 is 0. The Labute approximate surface area is 156 Å². The number of carbonyl (C=O) groups excluding carboxylic acids is 2. The van der Waals surface area contributed by atoms with Crippen LogP contribution in [0.15, 0.2) is 42.5 Å². The lowest BCUT2D eigenvalue weighted by atomic mass is 10.1. The van der Waals surface area contributed by atoms with Crippen molar-refractivity contribution < 1.29 is 9.59 Å². The molecule has 1 aliphatic rings. The molecule has 0 bridgehead atoms. The minimum absolute atomic E-state index is 0.0575. The molecule has 4 nitrogen and oxygen atoms in total. The molecule has 1 amide bonds. The van der Waals surface area contributed by atoms with Crippen molar-refractivity contribution in [2.24, 2.45) is 0 Å². The number of nitrogens with zero attached hydrogens (tertiary/aromatic N) is 2. The summed E-state index contributed by atoms with van der Waals surface area (Å²) in [5.74, 6) is -0.00173. The summed E-state index contributed by atoms with van der Waals surface area (Å²) in [5, 5.41) is 0.917. The van der Waals surface area contributed by atoms with Crippen molar-refractivity contribution in [2.45, 2.75) is 6.92 Å². The Morgan fingerprint density at radius 1 is 0.840 bits per heavy atom. The molecule has 6 heteroatoms. The number of benzene rings is 2. The van der Waals surface area contributed by atoms with E-state index in [2.05, 4.69) is 4.90 Å². The van der Waals surface area contributed by atoms with Gasteiger partial charge in [-0.25, -0.2) is 0 Å². The van der Waals surface area contributed by atoms with Crippen LogP contribution in [0.25, 0.3) is 0 Å². The van der Waals surface area contributed by atoms with E-state index < -0.39 is 0 Å². The van der Waals surface area contributed by atoms with Crippen molar-refractivity contribution in [1.82, 2.24) is 4.90 Å². The van der Waals surface area contributed by atoms with Gasteiger partial charge in [0.15, 0.2) is 5.78 Å². The molecular formula is C19H18Cl2N2O2. The van der Waals surface area contributed by atoms with Gasteiger partial charge in [0.2, 0.25) is 0 Å². The van der Waals surface area contributed by atoms with E-state index in [1.807, 2.05) is 29.2 Å². The zero-order chi connectivity index (χ0) is 18.0. The molecule has 0 aliphatic carbocycles. The Bertz CT molecular complexity index is 777. The first kappa shape index (κ1) is 17.8. The van der Waals surface area contributed by atoms with Gasteiger partial charge in [-0.2, -0.15) is 0 Å². The molecule has 1 fully saturated rings. The highest BCUT2D eigenvalue weighted by molar-refractivity contribution is 6.35. The first-order chi connectivity index (χ1) is 11.9. The monoisotopic (exact) mass is 376 g/mol. The summed E-state index contributed by atoms with van der Waals surface area (Å²) in [5.41, 5.74) is 2.27. The van der Waals surface area contributed by atoms with Gasteiger partial charge >= 0.3 is 0 Å². The second-order valence-electron chi connectivity index (χ2n) is 6.04. The maximum Gasteiger partial charge on any atom is 0.254 e. The minimum atomic E-state index is -0.0593. The number of amides is 1. The molecule has 3 rings (SSSR count). The fraction of sp³-hybridized carbons (Fsp3) is 0.263. The summed E-state index contributed by atoms with van der Waals surface area (Å²) in [4.78, 5) is 28.0. The highest BCUT2D eigenvalue weighted by Crippen LogP contribution is 2.22. The van der Waals surface area contributed by atoms with E-state index in [1.165, 1.54) is 0 Å². The summed E-state index contributed by atoms with van der Waals surface area (Å²) in [6.45, 7) is 4.27. The Balaban J connectivity index is 1.65. The van der Waals surface area contributed by atoms with E-state index in [4.69, 9.17) is 23.2 Å². The van der Waals surface area contributed by atoms with Gasteiger partial charge in [0.25, 0.3) is 5.91 Å². The molecule has 2 aromatic rings. The van der Waals surface area contributed by atoms with E-state index >= 15 is 0 Å². The van der Waals surface area contributed by atoms with Gasteiger partial charge in [-0.15, -0.1) is 0 Å². The third-order valence-corrected chi connectivity index (χ3v) is 4.75. The van der Waals surface area contributed by atoms with Crippen LogP contribution in [-0.4, -0.2) is 42.8 Å². The molecule has 1 heterocycles. The third-order valence-electron chi connectivity index (χ3n) is 4.32. The topological polar surface area (TPSA) is 40.6 Å². The number of hydrogen-bond acceptors (Lipinski definition) is 3. The van der Waals surface area contributed by atoms with Gasteiger partial charge < -0.3 is 9.80 Å². The van der Waals surface area contributed by atoms with Gasteiger partial charge in [-0.05, 0) is 49.4 Å². The first-order valence-corrected chi connectivity index (χ1v) is 8.81. The number of carbonyl (C=O) groups is 2. The molecule has 0 unspecified atom stereocenters. The lowest BCUT2D eigenvalue weighted by Crippen LogP contribution is -2.48. The van der Waals surface area contributed by atoms with Gasteiger partial charge in [-0.1, -0.05) is 23.2 Å². The number of halogens is 2. The maximum atomic E-state index is 12.6. The molecule has 0 N–H and O–H groups in total. The standard InChI is InChI=1S/C19H18Cl2N2O2/c1-13(24)14-2-4-18(5-3-14)22-6-8-23(9-7-22)19(25)15-10-16(20)12-17(21)11-15/h2-5,10-12H,6-9H2,1H3. The molecule has 130 valence electrons. The average molecular weight is 377 g/mol. The molecule has 0 aromatic heterocycles. The molecule has 0 atom stereocenters. The van der Waals surface area contributed by atoms with Crippen molar-refractivity contribution in [1.29, 1.82) is 0 Å². The number of piperazine rings is 1. The van der Waals surface area contributed by atoms with E-state index in [-0.39, 0.29) is 11.7 Å². The Kier molecular flexibility index (Phi) is 5.30. The highest BCUT2D eigenvalue weighted by atomic mass is 35.5. The predicted molar refractivity (Wildman–Crippen MR) is 101 cm³/mol. The van der Waals surface area contributed by atoms with Crippen LogP contribution in [0.4, 0.5) is 5.69 Å². The molecular weight excluding hydrogens is 359 g/mol. The van der Waals surface area contributed by atoms with Crippen molar-refractivity contribution in [3.63, 3.8) is 0 Å². The van der Waals surface area contributed by atoms with Crippen LogP contribution in [0, 0.1) is 0 Å². The van der Waals surface area contributed by atoms with E-state index in [9.17, 15) is 9.59 Å². The van der Waals surface area contributed by atoms with Gasteiger partial charge in [-0.3, -0.25) is 9.59 Å². The number of anilines is 1. The highest BCUT2D eigenvalue weighted by Gasteiger charge is 2.23. The predicted octanol–water partition coefficient (Wildman–Crippen LogP) is 4.16. The fourth-order valence-electron chi connectivity index (χ4n) is 2.93. The summed E-state index contributed by atoms with van der Waals surface area (Å²) in [6.07, 6.45) is 0. The molecule has 1 saturated heterocycles. The fourth-order valence-corrected chi connectivity index (χ4v) is 3.46. The van der Waals surface area contributed by atoms with Crippen molar-refractivity contribution >= 4 is 40.6 Å². The number of hydrogen-bond donors (Lipinski definition) is 0. The quantitative estimate of drug-likeness (QED) is 0.755. The van der Waals surface area contributed by atoms with Crippen LogP contribution in [-0.2, 0) is 0 Å². The molecule has 0 radical (unpaired) electrons. The number of ketones is 1. The van der Waals surface area contributed by atoms with Crippen molar-refractivity contribution in [2.75, 3.05) is 31.1 Å². The number of Topliss-reactive ketones (excluding diaryl/α,β-unsaturated/α-hetero) is 1. The molecule has 0 spiro atoms. The van der Waals surface area contributed by atoms with Crippen LogP contribution in [0.1, 0.15) is 27.6 Å². The molecule has 0 saturated carbocycles. The van der Waals surface area contributed by atoms with Crippen molar-refractivity contribution in [3.05, 3.63) is 63.6 Å². The molecule has 25 heavy (non-hydrogen) atoms. The smallest absolute Gasteiger partial charge is 0.254 e. The molecule has 2 aromatic carbocycles. The summed E-state index contributed by atoms with van der Waals surface area (Å²) in [7, 11) is 0. The van der Waals surface area contributed by atoms with Crippen LogP contribution in [0.2, 0.25) is 10.0 Å². The SMILES string of the molecule is CC(=O)c1ccc(N2CCN(C(=O)c3cc(Cl)cc(Cl)c3)CC2)cc1. The lowest BCUT2D eigenvalue weighted by Gasteiger charge is -2.36. The zero-order valence-electron chi connectivity index (χ0n) is 13.8. The average Bonchev–Trinajstić information content (AvgIpc) is 2.60. The Morgan fingerprint density at radius 3 is 1.92 bits per heavy atom. The van der Waals surface area contributed by atoms with Crippen LogP contribution < -0.4 is 4.90 Å². The second kappa shape index (κ2) is 7.46. The van der Waals surface area contributed by atoms with E-state index in [0.29, 0.717) is 34.3 Å². The van der Waals surface area contributed by atoms with Gasteiger partial charge in [0.05, 0.1) is 0 Å². The van der Waals surface area contributed by atoms with Gasteiger partial charge in [0, 0.05) is 53.0 Å². The summed E-state index contributed by atoms with van der Waals surface area (Å²) >= 11 is 12.0. The minimum Gasteiger partial charge on any atom is -0.368 e. The second-order valence-corrected chi connectivity index (χ2v) is 6.91. The third kappa shape index (κ3) is 4.14. The summed E-state index contributed by atoms with van der Waals surface area (Å²) in [6, 6.07) is 12.5. The largest absolute Gasteiger partial charge is 0.368 e. The van der Waals surface area contributed by atoms with E-state index in [1.54, 1.807) is 25.1 Å². The zero-order valence-corrected chi connectivity index (χ0v) is 15.3. The Morgan fingerprint density at radius 2 is 1.40 bits per heavy atom. The Hall–Kier alpha value is -2.04. The normalized spacial score (nSPS) is 14.5. The van der Waals surface area contributed by atoms with Gasteiger partial charge in [0.1, 0.15) is 0 Å². The molecule has 1 aliphatic heterocycles. The lowest BCUT2D eigenvalue weighted by molar-refractivity contribution is 0.0746. The van der Waals surface area contributed by atoms with Crippen LogP contribution in [0.5, 0.6) is 0 Å². The van der Waals surface area contributed by atoms with Crippen LogP contribution >= 0.6 is 23.2 Å². The van der Waals surface area contributed by atoms with Crippen LogP contribution in [0.3, 0.4) is 0 Å². The maximum absolute atomic E-state index is 12.6. The number of rotatable bonds is 3. The first-order valence-electron chi connectivity index (χ1n) is 8.05. The van der Waals surface area contributed by atoms with E-state index in [0.717, 1.165) is 18.8 Å². The van der Waals surface area contributed by atoms with Crippen molar-refractivity contribution in [3.8, 4) is 0 Å².